The predicted octanol–water partition coefficient (Wildman–Crippen LogP) is 5.45. The van der Waals surface area contributed by atoms with E-state index in [9.17, 15) is 8.42 Å². The number of ether oxygens (including phenoxy) is 2. The van der Waals surface area contributed by atoms with Crippen molar-refractivity contribution in [3.05, 3.63) is 78.0 Å². The van der Waals surface area contributed by atoms with Gasteiger partial charge in [-0.15, -0.1) is 0 Å². The van der Waals surface area contributed by atoms with Gasteiger partial charge in [-0.25, -0.2) is 8.42 Å². The number of aryl methyl sites for hydroxylation is 2. The van der Waals surface area contributed by atoms with Gasteiger partial charge in [0.2, 0.25) is 9.84 Å². The lowest BCUT2D eigenvalue weighted by Gasteiger charge is -2.20. The predicted molar refractivity (Wildman–Crippen MR) is 128 cm³/mol. The number of hydrogen-bond acceptors (Lipinski definition) is 6. The SMILES string of the molecule is CCc1ccc2ncc(S(=O)(=O)c3ccc(C)cc3)c(Nc3ccc4c(c3)OCCO4)c2c1. The Kier molecular flexibility index (Phi) is 5.42. The summed E-state index contributed by atoms with van der Waals surface area (Å²) in [6.45, 7) is 4.97. The van der Waals surface area contributed by atoms with Gasteiger partial charge in [0.05, 0.1) is 16.1 Å². The highest BCUT2D eigenvalue weighted by Crippen LogP contribution is 2.38. The zero-order valence-electron chi connectivity index (χ0n) is 18.5. The first-order chi connectivity index (χ1) is 16.0. The van der Waals surface area contributed by atoms with E-state index in [0.717, 1.165) is 28.5 Å². The molecular weight excluding hydrogens is 436 g/mol. The average molecular weight is 461 g/mol. The van der Waals surface area contributed by atoms with Crippen LogP contribution in [0.4, 0.5) is 11.4 Å². The van der Waals surface area contributed by atoms with Crippen LogP contribution in [-0.2, 0) is 16.3 Å². The fourth-order valence-corrected chi connectivity index (χ4v) is 5.25. The number of fused-ring (bicyclic) bond motifs is 2. The summed E-state index contributed by atoms with van der Waals surface area (Å²) < 4.78 is 38.6. The first-order valence-corrected chi connectivity index (χ1v) is 12.3. The maximum Gasteiger partial charge on any atom is 0.210 e. The zero-order valence-corrected chi connectivity index (χ0v) is 19.3. The van der Waals surface area contributed by atoms with Gasteiger partial charge < -0.3 is 14.8 Å². The molecular formula is C26H24N2O4S. The van der Waals surface area contributed by atoms with Gasteiger partial charge in [-0.1, -0.05) is 30.7 Å². The molecule has 0 radical (unpaired) electrons. The number of nitrogens with zero attached hydrogens (tertiary/aromatic N) is 1. The quantitative estimate of drug-likeness (QED) is 0.427. The van der Waals surface area contributed by atoms with Crippen LogP contribution in [0.1, 0.15) is 18.1 Å². The molecule has 7 heteroatoms. The lowest BCUT2D eigenvalue weighted by Crippen LogP contribution is -2.15. The fraction of sp³-hybridized carbons (Fsp3) is 0.192. The third-order valence-electron chi connectivity index (χ3n) is 5.74. The highest BCUT2D eigenvalue weighted by atomic mass is 32.2. The zero-order chi connectivity index (χ0) is 23.0. The highest BCUT2D eigenvalue weighted by Gasteiger charge is 2.24. The van der Waals surface area contributed by atoms with E-state index in [0.29, 0.717) is 36.1 Å². The minimum absolute atomic E-state index is 0.127. The van der Waals surface area contributed by atoms with Crippen molar-refractivity contribution in [2.24, 2.45) is 0 Å². The van der Waals surface area contributed by atoms with Crippen LogP contribution in [0.5, 0.6) is 11.5 Å². The first kappa shape index (κ1) is 21.3. The molecule has 0 amide bonds. The van der Waals surface area contributed by atoms with Crippen LogP contribution in [0, 0.1) is 6.92 Å². The Labute approximate surface area is 193 Å². The monoisotopic (exact) mass is 460 g/mol. The number of benzene rings is 3. The summed E-state index contributed by atoms with van der Waals surface area (Å²) >= 11 is 0. The van der Waals surface area contributed by atoms with Gasteiger partial charge in [-0.2, -0.15) is 0 Å². The second kappa shape index (κ2) is 8.41. The van der Waals surface area contributed by atoms with Crippen molar-refractivity contribution >= 4 is 32.1 Å². The van der Waals surface area contributed by atoms with Crippen molar-refractivity contribution in [3.8, 4) is 11.5 Å². The Balaban J connectivity index is 1.70. The number of hydrogen-bond donors (Lipinski definition) is 1. The molecule has 168 valence electrons. The summed E-state index contributed by atoms with van der Waals surface area (Å²) in [6, 6.07) is 18.3. The van der Waals surface area contributed by atoms with E-state index in [4.69, 9.17) is 9.47 Å². The Hall–Kier alpha value is -3.58. The summed E-state index contributed by atoms with van der Waals surface area (Å²) in [5.74, 6) is 1.30. The van der Waals surface area contributed by atoms with E-state index in [1.54, 1.807) is 24.3 Å². The van der Waals surface area contributed by atoms with Gasteiger partial charge >= 0.3 is 0 Å². The highest BCUT2D eigenvalue weighted by molar-refractivity contribution is 7.91. The van der Waals surface area contributed by atoms with Gasteiger partial charge in [0.1, 0.15) is 18.1 Å². The molecule has 4 aromatic rings. The molecule has 0 aliphatic carbocycles. The third kappa shape index (κ3) is 4.00. The molecule has 0 atom stereocenters. The molecule has 1 aliphatic rings. The van der Waals surface area contributed by atoms with E-state index in [2.05, 4.69) is 17.2 Å². The summed E-state index contributed by atoms with van der Waals surface area (Å²) in [6.07, 6.45) is 2.26. The first-order valence-electron chi connectivity index (χ1n) is 10.9. The molecule has 0 bridgehead atoms. The lowest BCUT2D eigenvalue weighted by atomic mass is 10.1. The molecule has 0 fully saturated rings. The normalized spacial score (nSPS) is 13.2. The average Bonchev–Trinajstić information content (AvgIpc) is 2.84. The van der Waals surface area contributed by atoms with Crippen molar-refractivity contribution in [3.63, 3.8) is 0 Å². The number of sulfone groups is 1. The van der Waals surface area contributed by atoms with Gasteiger partial charge in [-0.3, -0.25) is 4.98 Å². The molecule has 6 nitrogen and oxygen atoms in total. The number of rotatable bonds is 5. The number of nitrogens with one attached hydrogen (secondary N) is 1. The topological polar surface area (TPSA) is 77.5 Å². The van der Waals surface area contributed by atoms with E-state index in [-0.39, 0.29) is 9.79 Å². The molecule has 0 unspecified atom stereocenters. The van der Waals surface area contributed by atoms with E-state index < -0.39 is 9.84 Å². The fourth-order valence-electron chi connectivity index (χ4n) is 3.88. The molecule has 0 spiro atoms. The summed E-state index contributed by atoms with van der Waals surface area (Å²) in [4.78, 5) is 4.83. The van der Waals surface area contributed by atoms with Crippen LogP contribution in [0.3, 0.4) is 0 Å². The Bertz CT molecular complexity index is 1450. The Morgan fingerprint density at radius 2 is 1.70 bits per heavy atom. The molecule has 1 aromatic heterocycles. The molecule has 2 heterocycles. The van der Waals surface area contributed by atoms with Crippen LogP contribution >= 0.6 is 0 Å². The standard InChI is InChI=1S/C26H24N2O4S/c1-3-18-6-10-22-21(14-18)26(28-19-7-11-23-24(15-19)32-13-12-31-23)25(16-27-22)33(29,30)20-8-4-17(2)5-9-20/h4-11,14-16H,3,12-13H2,1-2H3,(H,27,28). The molecule has 3 aromatic carbocycles. The molecule has 1 aliphatic heterocycles. The van der Waals surface area contributed by atoms with E-state index in [1.807, 2.05) is 43.3 Å². The van der Waals surface area contributed by atoms with Crippen LogP contribution in [-0.4, -0.2) is 26.6 Å². The van der Waals surface area contributed by atoms with Crippen molar-refractivity contribution in [1.82, 2.24) is 4.98 Å². The van der Waals surface area contributed by atoms with Crippen LogP contribution in [0.25, 0.3) is 10.9 Å². The molecule has 1 N–H and O–H groups in total. The summed E-state index contributed by atoms with van der Waals surface area (Å²) in [5, 5.41) is 4.10. The third-order valence-corrected chi connectivity index (χ3v) is 7.52. The van der Waals surface area contributed by atoms with Crippen molar-refractivity contribution in [1.29, 1.82) is 0 Å². The van der Waals surface area contributed by atoms with Crippen molar-refractivity contribution in [2.45, 2.75) is 30.1 Å². The summed E-state index contributed by atoms with van der Waals surface area (Å²) in [5.41, 5.74) is 4.00. The van der Waals surface area contributed by atoms with Crippen LogP contribution in [0.2, 0.25) is 0 Å². The van der Waals surface area contributed by atoms with Gasteiger partial charge in [-0.05, 0) is 55.3 Å². The number of aromatic nitrogens is 1. The van der Waals surface area contributed by atoms with E-state index >= 15 is 0 Å². The van der Waals surface area contributed by atoms with Gasteiger partial charge in [0, 0.05) is 23.3 Å². The van der Waals surface area contributed by atoms with Gasteiger partial charge in [0.25, 0.3) is 0 Å². The Morgan fingerprint density at radius 3 is 2.45 bits per heavy atom. The van der Waals surface area contributed by atoms with Crippen LogP contribution in [0.15, 0.2) is 76.7 Å². The Morgan fingerprint density at radius 1 is 0.939 bits per heavy atom. The van der Waals surface area contributed by atoms with Crippen molar-refractivity contribution < 1.29 is 17.9 Å². The van der Waals surface area contributed by atoms with Crippen molar-refractivity contribution in [2.75, 3.05) is 18.5 Å². The number of anilines is 2. The molecule has 5 rings (SSSR count). The molecule has 0 saturated heterocycles. The molecule has 33 heavy (non-hydrogen) atoms. The maximum atomic E-state index is 13.7. The largest absolute Gasteiger partial charge is 0.486 e. The second-order valence-electron chi connectivity index (χ2n) is 8.00. The summed E-state index contributed by atoms with van der Waals surface area (Å²) in [7, 11) is -3.82. The number of pyridine rings is 1. The van der Waals surface area contributed by atoms with Gasteiger partial charge in [0.15, 0.2) is 11.5 Å². The maximum absolute atomic E-state index is 13.7. The lowest BCUT2D eigenvalue weighted by molar-refractivity contribution is 0.171. The van der Waals surface area contributed by atoms with Crippen LogP contribution < -0.4 is 14.8 Å². The second-order valence-corrected chi connectivity index (χ2v) is 9.92. The molecule has 0 saturated carbocycles. The smallest absolute Gasteiger partial charge is 0.210 e. The minimum atomic E-state index is -3.82. The van der Waals surface area contributed by atoms with E-state index in [1.165, 1.54) is 6.20 Å². The minimum Gasteiger partial charge on any atom is -0.486 e.